The fraction of sp³-hybridized carbons (Fsp3) is 0.368. The lowest BCUT2D eigenvalue weighted by molar-refractivity contribution is 0.0951. The van der Waals surface area contributed by atoms with E-state index < -0.39 is 10.0 Å². The second-order valence-corrected chi connectivity index (χ2v) is 8.42. The number of carbonyl (C=O) groups is 1. The molecule has 0 spiro atoms. The van der Waals surface area contributed by atoms with Gasteiger partial charge >= 0.3 is 0 Å². The number of rotatable bonds is 6. The van der Waals surface area contributed by atoms with Crippen LogP contribution in [-0.2, 0) is 22.3 Å². The van der Waals surface area contributed by atoms with E-state index in [9.17, 15) is 13.2 Å². The Morgan fingerprint density at radius 2 is 1.62 bits per heavy atom. The lowest BCUT2D eigenvalue weighted by Crippen LogP contribution is -2.36. The van der Waals surface area contributed by atoms with E-state index in [0.717, 1.165) is 24.8 Å². The van der Waals surface area contributed by atoms with Gasteiger partial charge in [0, 0.05) is 37.6 Å². The van der Waals surface area contributed by atoms with Crippen LogP contribution in [0.25, 0.3) is 0 Å². The molecule has 2 aromatic rings. The van der Waals surface area contributed by atoms with Gasteiger partial charge in [0.15, 0.2) is 0 Å². The van der Waals surface area contributed by atoms with Crippen molar-refractivity contribution in [2.24, 2.45) is 0 Å². The smallest absolute Gasteiger partial charge is 0.251 e. The first-order valence-corrected chi connectivity index (χ1v) is 10.4. The summed E-state index contributed by atoms with van der Waals surface area (Å²) in [6, 6.07) is 10.4. The highest BCUT2D eigenvalue weighted by Crippen LogP contribution is 2.17. The lowest BCUT2D eigenvalue weighted by atomic mass is 10.1. The van der Waals surface area contributed by atoms with Crippen LogP contribution in [0.5, 0.6) is 0 Å². The largest absolute Gasteiger partial charge is 0.348 e. The minimum Gasteiger partial charge on any atom is -0.348 e. The zero-order valence-corrected chi connectivity index (χ0v) is 15.4. The molecule has 0 radical (unpaired) electrons. The number of sulfonamides is 1. The van der Waals surface area contributed by atoms with Crippen LogP contribution in [0.1, 0.15) is 40.7 Å². The molecule has 1 saturated heterocycles. The molecule has 1 aliphatic rings. The number of hydrogen-bond acceptors (Lipinski definition) is 4. The second kappa shape index (κ2) is 8.42. The third kappa shape index (κ3) is 4.89. The summed E-state index contributed by atoms with van der Waals surface area (Å²) in [5, 5.41) is 2.84. The highest BCUT2D eigenvalue weighted by Gasteiger charge is 2.24. The highest BCUT2D eigenvalue weighted by atomic mass is 32.2. The summed E-state index contributed by atoms with van der Waals surface area (Å²) in [4.78, 5) is 16.1. The van der Waals surface area contributed by atoms with E-state index in [2.05, 4.69) is 10.3 Å². The monoisotopic (exact) mass is 373 g/mol. The van der Waals surface area contributed by atoms with Crippen LogP contribution in [0.2, 0.25) is 0 Å². The Labute approximate surface area is 154 Å². The molecule has 1 N–H and O–H groups in total. The second-order valence-electron chi connectivity index (χ2n) is 6.45. The van der Waals surface area contributed by atoms with E-state index in [4.69, 9.17) is 0 Å². The van der Waals surface area contributed by atoms with Crippen molar-refractivity contribution in [3.05, 3.63) is 65.5 Å². The van der Waals surface area contributed by atoms with Gasteiger partial charge in [0.05, 0.1) is 5.75 Å². The zero-order valence-electron chi connectivity index (χ0n) is 14.6. The molecule has 0 unspecified atom stereocenters. The van der Waals surface area contributed by atoms with E-state index in [1.807, 2.05) is 12.1 Å². The van der Waals surface area contributed by atoms with E-state index in [-0.39, 0.29) is 11.7 Å². The molecule has 1 aromatic carbocycles. The Morgan fingerprint density at radius 1 is 0.962 bits per heavy atom. The Bertz CT molecular complexity index is 830. The molecule has 0 atom stereocenters. The third-order valence-electron chi connectivity index (χ3n) is 4.48. The van der Waals surface area contributed by atoms with Crippen molar-refractivity contribution in [2.75, 3.05) is 13.1 Å². The maximum absolute atomic E-state index is 12.5. The van der Waals surface area contributed by atoms with Gasteiger partial charge in [-0.25, -0.2) is 12.7 Å². The van der Waals surface area contributed by atoms with E-state index in [0.29, 0.717) is 30.8 Å². The van der Waals surface area contributed by atoms with Crippen molar-refractivity contribution in [2.45, 2.75) is 31.6 Å². The van der Waals surface area contributed by atoms with Crippen LogP contribution in [-0.4, -0.2) is 36.7 Å². The number of nitrogens with one attached hydrogen (secondary N) is 1. The van der Waals surface area contributed by atoms with Crippen molar-refractivity contribution in [3.8, 4) is 0 Å². The molecule has 1 fully saturated rings. The standard InChI is InChI=1S/C19H23N3O3S/c23-19(21-14-16-8-10-20-11-9-16)18-6-4-17(5-7-18)15-26(24,25)22-12-2-1-3-13-22/h4-11H,1-3,12-15H2,(H,21,23). The predicted octanol–water partition coefficient (Wildman–Crippen LogP) is 2.33. The highest BCUT2D eigenvalue weighted by molar-refractivity contribution is 7.88. The molecule has 1 aliphatic heterocycles. The van der Waals surface area contributed by atoms with Gasteiger partial charge in [-0.3, -0.25) is 9.78 Å². The van der Waals surface area contributed by atoms with E-state index in [1.54, 1.807) is 41.0 Å². The maximum Gasteiger partial charge on any atom is 0.251 e. The minimum absolute atomic E-state index is 0.0219. The van der Waals surface area contributed by atoms with Gasteiger partial charge in [-0.05, 0) is 48.2 Å². The summed E-state index contributed by atoms with van der Waals surface area (Å²) >= 11 is 0. The maximum atomic E-state index is 12.5. The molecule has 6 nitrogen and oxygen atoms in total. The van der Waals surface area contributed by atoms with Crippen LogP contribution < -0.4 is 5.32 Å². The van der Waals surface area contributed by atoms with Crippen LogP contribution >= 0.6 is 0 Å². The molecule has 1 amide bonds. The first-order valence-electron chi connectivity index (χ1n) is 8.78. The molecular formula is C19H23N3O3S. The number of pyridine rings is 1. The van der Waals surface area contributed by atoms with Crippen molar-refractivity contribution >= 4 is 15.9 Å². The van der Waals surface area contributed by atoms with Gasteiger partial charge in [0.25, 0.3) is 5.91 Å². The number of benzene rings is 1. The van der Waals surface area contributed by atoms with Crippen LogP contribution in [0, 0.1) is 0 Å². The number of aromatic nitrogens is 1. The number of piperidine rings is 1. The molecule has 0 aliphatic carbocycles. The van der Waals surface area contributed by atoms with Crippen LogP contribution in [0.4, 0.5) is 0 Å². The normalized spacial score (nSPS) is 15.5. The molecule has 3 rings (SSSR count). The molecule has 0 saturated carbocycles. The summed E-state index contributed by atoms with van der Waals surface area (Å²) in [5.74, 6) is -0.210. The molecule has 26 heavy (non-hydrogen) atoms. The molecule has 2 heterocycles. The summed E-state index contributed by atoms with van der Waals surface area (Å²) in [7, 11) is -3.29. The first kappa shape index (κ1) is 18.5. The molecule has 7 heteroatoms. The molecule has 1 aromatic heterocycles. The Balaban J connectivity index is 1.58. The quantitative estimate of drug-likeness (QED) is 0.843. The Morgan fingerprint density at radius 3 is 2.27 bits per heavy atom. The van der Waals surface area contributed by atoms with Crippen molar-refractivity contribution in [1.29, 1.82) is 0 Å². The Kier molecular flexibility index (Phi) is 6.00. The first-order chi connectivity index (χ1) is 12.5. The fourth-order valence-electron chi connectivity index (χ4n) is 2.98. The Hall–Kier alpha value is -2.25. The van der Waals surface area contributed by atoms with Crippen LogP contribution in [0.15, 0.2) is 48.8 Å². The third-order valence-corrected chi connectivity index (χ3v) is 6.33. The average Bonchev–Trinajstić information content (AvgIpc) is 2.68. The SMILES string of the molecule is O=C(NCc1ccncc1)c1ccc(CS(=O)(=O)N2CCCCC2)cc1. The van der Waals surface area contributed by atoms with Crippen molar-refractivity contribution in [3.63, 3.8) is 0 Å². The van der Waals surface area contributed by atoms with Gasteiger partial charge in [0.1, 0.15) is 0 Å². The molecular weight excluding hydrogens is 350 g/mol. The van der Waals surface area contributed by atoms with E-state index in [1.165, 1.54) is 0 Å². The van der Waals surface area contributed by atoms with Gasteiger partial charge in [-0.2, -0.15) is 0 Å². The summed E-state index contributed by atoms with van der Waals surface area (Å²) in [6.07, 6.45) is 6.30. The number of carbonyl (C=O) groups excluding carboxylic acids is 1. The van der Waals surface area contributed by atoms with Crippen LogP contribution in [0.3, 0.4) is 0 Å². The predicted molar refractivity (Wildman–Crippen MR) is 99.9 cm³/mol. The van der Waals surface area contributed by atoms with Crippen molar-refractivity contribution < 1.29 is 13.2 Å². The van der Waals surface area contributed by atoms with E-state index >= 15 is 0 Å². The van der Waals surface area contributed by atoms with Crippen molar-refractivity contribution in [1.82, 2.24) is 14.6 Å². The molecule has 138 valence electrons. The zero-order chi connectivity index (χ0) is 18.4. The summed E-state index contributed by atoms with van der Waals surface area (Å²) in [6.45, 7) is 1.64. The van der Waals surface area contributed by atoms with Gasteiger partial charge in [0.2, 0.25) is 10.0 Å². The number of nitrogens with zero attached hydrogens (tertiary/aromatic N) is 2. The fourth-order valence-corrected chi connectivity index (χ4v) is 4.59. The lowest BCUT2D eigenvalue weighted by Gasteiger charge is -2.25. The molecule has 0 bridgehead atoms. The minimum atomic E-state index is -3.29. The van der Waals surface area contributed by atoms with Gasteiger partial charge in [-0.1, -0.05) is 18.6 Å². The summed E-state index contributed by atoms with van der Waals surface area (Å²) in [5.41, 5.74) is 2.18. The average molecular weight is 373 g/mol. The van der Waals surface area contributed by atoms with Gasteiger partial charge < -0.3 is 5.32 Å². The number of hydrogen-bond donors (Lipinski definition) is 1. The van der Waals surface area contributed by atoms with Gasteiger partial charge in [-0.15, -0.1) is 0 Å². The number of amides is 1. The summed E-state index contributed by atoms with van der Waals surface area (Å²) < 4.78 is 26.5. The topological polar surface area (TPSA) is 79.4 Å².